The molecule has 0 aromatic carbocycles. The SMILES string of the molecule is CCCC[C@H](OC(=O)CC(C)(C)C(=O)O)C(C)(C)[C@@H]1CC[C@]2(C)[C@H](CC[C@@H]3C4=C(C(C)C)CC[C@]4([C@H](O)CN4CCN(C)CC4)CC[C@]32C)C1. The zero-order valence-electron chi connectivity index (χ0n) is 33.7. The lowest BCUT2D eigenvalue weighted by Crippen LogP contribution is -2.60. The van der Waals surface area contributed by atoms with Crippen LogP contribution >= 0.6 is 0 Å². The first-order chi connectivity index (χ1) is 23.3. The second-order valence-corrected chi connectivity index (χ2v) is 19.8. The summed E-state index contributed by atoms with van der Waals surface area (Å²) in [7, 11) is 2.21. The number of esters is 1. The fraction of sp³-hybridized carbons (Fsp3) is 0.907. The molecule has 50 heavy (non-hydrogen) atoms. The fourth-order valence-corrected chi connectivity index (χ4v) is 12.0. The third-order valence-corrected chi connectivity index (χ3v) is 16.0. The Kier molecular flexibility index (Phi) is 11.7. The number of aliphatic hydroxyl groups is 1. The van der Waals surface area contributed by atoms with Crippen molar-refractivity contribution in [3.05, 3.63) is 11.1 Å². The highest BCUT2D eigenvalue weighted by Crippen LogP contribution is 2.73. The molecule has 7 nitrogen and oxygen atoms in total. The lowest BCUT2D eigenvalue weighted by atomic mass is 9.38. The van der Waals surface area contributed by atoms with Crippen LogP contribution in [0.2, 0.25) is 0 Å². The second-order valence-electron chi connectivity index (χ2n) is 19.8. The number of unbranched alkanes of at least 4 members (excludes halogenated alkanes) is 1. The number of carbonyl (C=O) groups excluding carboxylic acids is 1. The summed E-state index contributed by atoms with van der Waals surface area (Å²) >= 11 is 0. The highest BCUT2D eigenvalue weighted by Gasteiger charge is 2.65. The Labute approximate surface area is 305 Å². The number of β-amino-alcohol motifs (C(OH)–C–C–N with tert-alkyl or cyclic N) is 1. The zero-order valence-corrected chi connectivity index (χ0v) is 33.7. The number of carbonyl (C=O) groups is 2. The Morgan fingerprint density at radius 2 is 1.64 bits per heavy atom. The number of carboxylic acid groups (broad SMARTS) is 1. The van der Waals surface area contributed by atoms with E-state index < -0.39 is 11.4 Å². The minimum absolute atomic E-state index is 0.0684. The smallest absolute Gasteiger partial charge is 0.309 e. The number of likely N-dealkylation sites (N-methyl/N-ethyl adjacent to an activating group) is 1. The molecule has 286 valence electrons. The minimum Gasteiger partial charge on any atom is -0.481 e. The monoisotopic (exact) mass is 699 g/mol. The van der Waals surface area contributed by atoms with E-state index in [0.717, 1.165) is 77.7 Å². The molecule has 0 bridgehead atoms. The Morgan fingerprint density at radius 3 is 2.26 bits per heavy atom. The van der Waals surface area contributed by atoms with Gasteiger partial charge in [-0.2, -0.15) is 0 Å². The fourth-order valence-electron chi connectivity index (χ4n) is 12.0. The zero-order chi connectivity index (χ0) is 36.9. The first kappa shape index (κ1) is 39.8. The molecule has 5 aliphatic rings. The summed E-state index contributed by atoms with van der Waals surface area (Å²) in [5.74, 6) is 0.797. The number of piperazine rings is 1. The topological polar surface area (TPSA) is 90.3 Å². The van der Waals surface area contributed by atoms with E-state index >= 15 is 0 Å². The Balaban J connectivity index is 1.36. The average Bonchev–Trinajstić information content (AvgIpc) is 3.45. The van der Waals surface area contributed by atoms with E-state index in [0.29, 0.717) is 23.7 Å². The standard InChI is InChI=1S/C43H74N2O5/c1-11-12-13-35(50-36(47)27-39(4,5)38(48)49)40(6,7)30-16-18-41(8)31(26-30)14-15-33-37-32(29(2)3)17-19-43(37,21-20-42(33,41)9)34(46)28-45-24-22-44(10)23-25-45/h29-31,33-35,46H,11-28H2,1-10H3,(H,48,49)/t30-,31-,33-,34-,35+,41-,42-,43-/m1/s1. The molecule has 8 atom stereocenters. The van der Waals surface area contributed by atoms with Gasteiger partial charge < -0.3 is 19.8 Å². The Morgan fingerprint density at radius 1 is 0.960 bits per heavy atom. The van der Waals surface area contributed by atoms with Crippen LogP contribution < -0.4 is 0 Å². The van der Waals surface area contributed by atoms with Crippen LogP contribution in [0, 0.1) is 50.7 Å². The van der Waals surface area contributed by atoms with Crippen LogP contribution in [0.25, 0.3) is 0 Å². The molecule has 1 saturated heterocycles. The van der Waals surface area contributed by atoms with E-state index in [1.807, 2.05) is 0 Å². The van der Waals surface area contributed by atoms with Crippen molar-refractivity contribution in [1.82, 2.24) is 9.80 Å². The van der Waals surface area contributed by atoms with Crippen molar-refractivity contribution in [3.63, 3.8) is 0 Å². The second kappa shape index (κ2) is 14.8. The van der Waals surface area contributed by atoms with E-state index in [9.17, 15) is 19.8 Å². The number of carboxylic acids is 1. The molecule has 4 aliphatic carbocycles. The number of rotatable bonds is 13. The number of hydrogen-bond donors (Lipinski definition) is 2. The maximum absolute atomic E-state index is 13.2. The van der Waals surface area contributed by atoms with E-state index in [4.69, 9.17) is 4.74 Å². The molecule has 0 spiro atoms. The van der Waals surface area contributed by atoms with Crippen LogP contribution in [0.1, 0.15) is 146 Å². The maximum Gasteiger partial charge on any atom is 0.309 e. The lowest BCUT2D eigenvalue weighted by Gasteiger charge is -2.67. The van der Waals surface area contributed by atoms with Gasteiger partial charge >= 0.3 is 11.9 Å². The van der Waals surface area contributed by atoms with E-state index in [-0.39, 0.29) is 46.3 Å². The van der Waals surface area contributed by atoms with Gasteiger partial charge in [0.15, 0.2) is 0 Å². The predicted molar refractivity (Wildman–Crippen MR) is 202 cm³/mol. The number of fused-ring (bicyclic) bond motifs is 5. The summed E-state index contributed by atoms with van der Waals surface area (Å²) in [6.45, 7) is 25.2. The first-order valence-electron chi connectivity index (χ1n) is 20.6. The maximum atomic E-state index is 13.2. The van der Waals surface area contributed by atoms with Gasteiger partial charge in [-0.1, -0.05) is 72.5 Å². The molecular formula is C43H74N2O5. The molecule has 0 radical (unpaired) electrons. The number of ether oxygens (including phenoxy) is 1. The third-order valence-electron chi connectivity index (χ3n) is 16.0. The van der Waals surface area contributed by atoms with Crippen LogP contribution in [0.5, 0.6) is 0 Å². The number of allylic oxidation sites excluding steroid dienone is 1. The van der Waals surface area contributed by atoms with Gasteiger partial charge in [0.2, 0.25) is 0 Å². The molecular weight excluding hydrogens is 624 g/mol. The molecule has 3 saturated carbocycles. The van der Waals surface area contributed by atoms with Gasteiger partial charge in [-0.05, 0) is 120 Å². The van der Waals surface area contributed by atoms with Crippen molar-refractivity contribution in [2.75, 3.05) is 39.8 Å². The van der Waals surface area contributed by atoms with Crippen molar-refractivity contribution < 1.29 is 24.5 Å². The summed E-state index contributed by atoms with van der Waals surface area (Å²) in [6.07, 6.45) is 12.8. The van der Waals surface area contributed by atoms with Crippen molar-refractivity contribution in [2.45, 2.75) is 158 Å². The van der Waals surface area contributed by atoms with Gasteiger partial charge in [0.1, 0.15) is 6.10 Å². The lowest BCUT2D eigenvalue weighted by molar-refractivity contribution is -0.174. The number of aliphatic carboxylic acids is 1. The number of nitrogens with zero attached hydrogens (tertiary/aromatic N) is 2. The summed E-state index contributed by atoms with van der Waals surface area (Å²) in [4.78, 5) is 29.9. The molecule has 5 rings (SSSR count). The van der Waals surface area contributed by atoms with Gasteiger partial charge in [-0.15, -0.1) is 0 Å². The third kappa shape index (κ3) is 7.11. The summed E-state index contributed by atoms with van der Waals surface area (Å²) in [5, 5.41) is 21.9. The van der Waals surface area contributed by atoms with Crippen LogP contribution in [0.4, 0.5) is 0 Å². The van der Waals surface area contributed by atoms with Gasteiger partial charge in [-0.25, -0.2) is 0 Å². The van der Waals surface area contributed by atoms with Gasteiger partial charge in [0.25, 0.3) is 0 Å². The van der Waals surface area contributed by atoms with E-state index in [1.54, 1.807) is 25.0 Å². The van der Waals surface area contributed by atoms with Crippen molar-refractivity contribution in [3.8, 4) is 0 Å². The largest absolute Gasteiger partial charge is 0.481 e. The van der Waals surface area contributed by atoms with Crippen LogP contribution in [-0.4, -0.2) is 83.9 Å². The quantitative estimate of drug-likeness (QED) is 0.147. The van der Waals surface area contributed by atoms with Crippen molar-refractivity contribution >= 4 is 11.9 Å². The molecule has 0 amide bonds. The summed E-state index contributed by atoms with van der Waals surface area (Å²) in [5.41, 5.74) is 2.41. The Bertz CT molecular complexity index is 1270. The van der Waals surface area contributed by atoms with Crippen LogP contribution in [0.15, 0.2) is 11.1 Å². The highest BCUT2D eigenvalue weighted by molar-refractivity contribution is 5.81. The molecule has 2 N–H and O–H groups in total. The molecule has 0 aromatic heterocycles. The van der Waals surface area contributed by atoms with Crippen molar-refractivity contribution in [1.29, 1.82) is 0 Å². The van der Waals surface area contributed by atoms with E-state index in [2.05, 4.69) is 65.3 Å². The molecule has 1 aliphatic heterocycles. The highest BCUT2D eigenvalue weighted by atomic mass is 16.5. The van der Waals surface area contributed by atoms with Crippen LogP contribution in [-0.2, 0) is 14.3 Å². The predicted octanol–water partition coefficient (Wildman–Crippen LogP) is 8.59. The number of hydrogen-bond acceptors (Lipinski definition) is 6. The molecule has 1 heterocycles. The normalized spacial score (nSPS) is 35.3. The van der Waals surface area contributed by atoms with Crippen LogP contribution in [0.3, 0.4) is 0 Å². The molecule has 7 heteroatoms. The Hall–Kier alpha value is -1.44. The number of aliphatic hydroxyl groups excluding tert-OH is 1. The molecule has 0 unspecified atom stereocenters. The average molecular weight is 699 g/mol. The van der Waals surface area contributed by atoms with Crippen molar-refractivity contribution in [2.24, 2.45) is 50.7 Å². The summed E-state index contributed by atoms with van der Waals surface area (Å²) < 4.78 is 6.26. The first-order valence-corrected chi connectivity index (χ1v) is 20.6. The van der Waals surface area contributed by atoms with Gasteiger partial charge in [-0.3, -0.25) is 14.5 Å². The summed E-state index contributed by atoms with van der Waals surface area (Å²) in [6, 6.07) is 0. The van der Waals surface area contributed by atoms with E-state index in [1.165, 1.54) is 32.1 Å². The van der Waals surface area contributed by atoms with Gasteiger partial charge in [0.05, 0.1) is 17.9 Å². The minimum atomic E-state index is -1.14. The molecule has 0 aromatic rings. The molecule has 4 fully saturated rings. The van der Waals surface area contributed by atoms with Gasteiger partial charge in [0, 0.05) is 43.6 Å².